The van der Waals surface area contributed by atoms with Crippen molar-refractivity contribution in [2.24, 2.45) is 0 Å². The van der Waals surface area contributed by atoms with Gasteiger partial charge in [-0.25, -0.2) is 11.2 Å². The summed E-state index contributed by atoms with van der Waals surface area (Å²) >= 11 is 0. The van der Waals surface area contributed by atoms with Gasteiger partial charge in [-0.15, -0.1) is 0 Å². The van der Waals surface area contributed by atoms with E-state index in [1.165, 1.54) is 0 Å². The van der Waals surface area contributed by atoms with Crippen LogP contribution >= 0.6 is 15.9 Å². The van der Waals surface area contributed by atoms with Crippen LogP contribution in [0.25, 0.3) is 4.85 Å². The van der Waals surface area contributed by atoms with Gasteiger partial charge >= 0.3 is 0 Å². The first-order chi connectivity index (χ1) is 16.0. The van der Waals surface area contributed by atoms with Gasteiger partial charge in [-0.3, -0.25) is 4.57 Å². The van der Waals surface area contributed by atoms with E-state index in [4.69, 9.17) is 29.3 Å². The second kappa shape index (κ2) is 11.9. The molecule has 0 radical (unpaired) electrons. The van der Waals surface area contributed by atoms with E-state index in [-0.39, 0.29) is 42.4 Å². The molecule has 0 bridgehead atoms. The molecule has 35 heavy (non-hydrogen) atoms. The molecule has 6 atom stereocenters. The van der Waals surface area contributed by atoms with E-state index in [2.05, 4.69) is 71.1 Å². The summed E-state index contributed by atoms with van der Waals surface area (Å²) in [6, 6.07) is 0.157. The van der Waals surface area contributed by atoms with Crippen LogP contribution in [0.2, 0.25) is 18.1 Å². The van der Waals surface area contributed by atoms with E-state index in [0.29, 0.717) is 19.2 Å². The maximum Gasteiger partial charge on any atom is 0.259 e. The van der Waals surface area contributed by atoms with Crippen molar-refractivity contribution < 1.29 is 27.3 Å². The predicted octanol–water partition coefficient (Wildman–Crippen LogP) is 5.10. The van der Waals surface area contributed by atoms with Gasteiger partial charge in [-0.1, -0.05) is 20.8 Å². The smallest absolute Gasteiger partial charge is 0.259 e. The van der Waals surface area contributed by atoms with Gasteiger partial charge < -0.3 is 27.6 Å². The second-order valence-corrected chi connectivity index (χ2v) is 20.9. The third kappa shape index (κ3) is 7.62. The lowest BCUT2D eigenvalue weighted by atomic mass is 9.88. The highest BCUT2D eigenvalue weighted by atomic mass is 31.2. The first-order valence-electron chi connectivity index (χ1n) is 12.7. The zero-order valence-corrected chi connectivity index (χ0v) is 26.4. The first-order valence-corrected chi connectivity index (χ1v) is 19.0. The molecular weight excluding hydrogens is 501 g/mol. The van der Waals surface area contributed by atoms with Gasteiger partial charge in [-0.2, -0.15) is 0 Å². The van der Waals surface area contributed by atoms with Gasteiger partial charge in [0, 0.05) is 24.9 Å². The number of nitrogens with zero attached hydrogens (tertiary/aromatic N) is 2. The van der Waals surface area contributed by atoms with Gasteiger partial charge in [0.15, 0.2) is 15.7 Å². The largest absolute Gasteiger partial charge is 0.409 e. The zero-order chi connectivity index (χ0) is 26.8. The Bertz CT molecular complexity index is 784. The average Bonchev–Trinajstić information content (AvgIpc) is 2.94. The highest BCUT2D eigenvalue weighted by molar-refractivity contribution is 7.58. The topological polar surface area (TPSA) is 70.8 Å². The molecule has 202 valence electrons. The fourth-order valence-electron chi connectivity index (χ4n) is 4.36. The van der Waals surface area contributed by atoms with Crippen molar-refractivity contribution in [1.82, 2.24) is 4.67 Å². The van der Waals surface area contributed by atoms with Crippen molar-refractivity contribution in [2.45, 2.75) is 109 Å². The first kappa shape index (κ1) is 31.4. The van der Waals surface area contributed by atoms with E-state index in [1.54, 1.807) is 6.66 Å². The molecule has 2 saturated heterocycles. The van der Waals surface area contributed by atoms with E-state index in [1.807, 2.05) is 7.85 Å². The van der Waals surface area contributed by atoms with Crippen molar-refractivity contribution in [2.75, 3.05) is 32.6 Å². The van der Waals surface area contributed by atoms with E-state index < -0.39 is 35.9 Å². The standard InChI is InChI=1S/C23H47BN2O6P2Si/c1-17(2)26(18(3)4)33(28-14-13-25-8)31-20-19(32-35(10,11)22(5,6)7)21(24)30-23(20)12-15-34(9,27)29-16-23/h17-21H,12-16,24H2,1-7,9-11H3/t19?,20-,21-,23+,33?,34?/m1/s1. The van der Waals surface area contributed by atoms with Crippen molar-refractivity contribution in [3.63, 3.8) is 0 Å². The SMILES string of the molecule is B[C@@H]1O[C@]2(CCP(C)(=O)OC2)[C@H](OP(OCC[N+]#[C-])N(C(C)C)C(C)C)C1O[Si](C)(C)C(C)(C)C. The molecule has 3 unspecified atom stereocenters. The Kier molecular flexibility index (Phi) is 10.7. The highest BCUT2D eigenvalue weighted by Gasteiger charge is 2.60. The molecule has 0 aromatic carbocycles. The third-order valence-corrected chi connectivity index (χ3v) is 15.6. The minimum absolute atomic E-state index is 0.0218. The van der Waals surface area contributed by atoms with Gasteiger partial charge in [0.2, 0.25) is 6.54 Å². The Morgan fingerprint density at radius 2 is 1.89 bits per heavy atom. The quantitative estimate of drug-likeness (QED) is 0.163. The van der Waals surface area contributed by atoms with Gasteiger partial charge in [0.1, 0.15) is 26.2 Å². The average molecular weight is 548 g/mol. The monoisotopic (exact) mass is 548 g/mol. The Morgan fingerprint density at radius 1 is 1.29 bits per heavy atom. The minimum atomic E-state index is -2.64. The molecule has 2 rings (SSSR count). The Labute approximate surface area is 216 Å². The molecule has 0 N–H and O–H groups in total. The molecule has 2 heterocycles. The summed E-state index contributed by atoms with van der Waals surface area (Å²) < 4.78 is 47.5. The molecule has 0 amide bonds. The lowest BCUT2D eigenvalue weighted by Gasteiger charge is -2.45. The van der Waals surface area contributed by atoms with Crippen molar-refractivity contribution in [3.8, 4) is 0 Å². The van der Waals surface area contributed by atoms with Crippen molar-refractivity contribution >= 4 is 32.1 Å². The van der Waals surface area contributed by atoms with Crippen LogP contribution in [-0.2, 0) is 27.3 Å². The summed E-state index contributed by atoms with van der Waals surface area (Å²) in [4.78, 5) is 3.46. The molecule has 2 aliphatic rings. The molecule has 8 nitrogen and oxygen atoms in total. The summed E-state index contributed by atoms with van der Waals surface area (Å²) in [7, 11) is -4.26. The summed E-state index contributed by atoms with van der Waals surface area (Å²) in [5.74, 6) is 0. The maximum atomic E-state index is 12.7. The number of hydrogen-bond acceptors (Lipinski definition) is 7. The van der Waals surface area contributed by atoms with Gasteiger partial charge in [0.25, 0.3) is 8.53 Å². The van der Waals surface area contributed by atoms with Crippen molar-refractivity contribution in [3.05, 3.63) is 11.4 Å². The molecule has 1 spiro atoms. The molecule has 0 aromatic heterocycles. The van der Waals surface area contributed by atoms with Crippen LogP contribution in [0.1, 0.15) is 54.9 Å². The Hall–Kier alpha value is 0.192. The molecule has 12 heteroatoms. The number of ether oxygens (including phenoxy) is 1. The van der Waals surface area contributed by atoms with Crippen LogP contribution in [0.3, 0.4) is 0 Å². The van der Waals surface area contributed by atoms with Crippen LogP contribution in [0.15, 0.2) is 0 Å². The highest BCUT2D eigenvalue weighted by Crippen LogP contribution is 2.57. The van der Waals surface area contributed by atoms with Crippen molar-refractivity contribution in [1.29, 1.82) is 0 Å². The molecule has 0 saturated carbocycles. The minimum Gasteiger partial charge on any atom is -0.409 e. The fourth-order valence-corrected chi connectivity index (χ4v) is 8.92. The van der Waals surface area contributed by atoms with E-state index in [9.17, 15) is 4.57 Å². The lowest BCUT2D eigenvalue weighted by molar-refractivity contribution is -0.0962. The van der Waals surface area contributed by atoms with Crippen LogP contribution in [0, 0.1) is 6.57 Å². The van der Waals surface area contributed by atoms with Crippen LogP contribution in [0.4, 0.5) is 0 Å². The van der Waals surface area contributed by atoms with Gasteiger partial charge in [-0.05, 0) is 52.2 Å². The third-order valence-electron chi connectivity index (χ3n) is 7.32. The van der Waals surface area contributed by atoms with Crippen LogP contribution < -0.4 is 0 Å². The predicted molar refractivity (Wildman–Crippen MR) is 149 cm³/mol. The summed E-state index contributed by atoms with van der Waals surface area (Å²) in [5, 5.41) is 0.0218. The summed E-state index contributed by atoms with van der Waals surface area (Å²) in [6.07, 6.45) is 0.290. The fraction of sp³-hybridized carbons (Fsp3) is 0.957. The van der Waals surface area contributed by atoms with Gasteiger partial charge in [0.05, 0.1) is 18.7 Å². The Balaban J connectivity index is 2.47. The molecular formula is C23H47BN2O6P2Si. The normalized spacial score (nSPS) is 33.1. The van der Waals surface area contributed by atoms with Crippen LogP contribution in [-0.4, -0.2) is 89.3 Å². The molecule has 2 fully saturated rings. The van der Waals surface area contributed by atoms with E-state index in [0.717, 1.165) is 0 Å². The number of hydrogen-bond donors (Lipinski definition) is 0. The lowest BCUT2D eigenvalue weighted by Crippen LogP contribution is -2.54. The Morgan fingerprint density at radius 3 is 2.34 bits per heavy atom. The van der Waals surface area contributed by atoms with E-state index >= 15 is 0 Å². The van der Waals surface area contributed by atoms with Crippen LogP contribution in [0.5, 0.6) is 0 Å². The summed E-state index contributed by atoms with van der Waals surface area (Å²) in [5.41, 5.74) is -0.750. The molecule has 0 aliphatic carbocycles. The second-order valence-electron chi connectivity index (χ2n) is 12.0. The maximum absolute atomic E-state index is 12.7. The zero-order valence-electron chi connectivity index (χ0n) is 23.7. The number of rotatable bonds is 10. The molecule has 2 aliphatic heterocycles. The molecule has 0 aromatic rings. The summed E-state index contributed by atoms with van der Waals surface area (Å²) in [6.45, 7) is 29.3.